The summed E-state index contributed by atoms with van der Waals surface area (Å²) >= 11 is 9.18. The van der Waals surface area contributed by atoms with Crippen LogP contribution < -0.4 is 15.8 Å². The zero-order chi connectivity index (χ0) is 14.7. The number of rotatable bonds is 3. The quantitative estimate of drug-likeness (QED) is 0.884. The third kappa shape index (κ3) is 3.20. The number of pyridine rings is 1. The largest absolute Gasteiger partial charge is 0.495 e. The van der Waals surface area contributed by atoms with Crippen molar-refractivity contribution in [3.05, 3.63) is 45.5 Å². The molecule has 0 saturated heterocycles. The van der Waals surface area contributed by atoms with Gasteiger partial charge in [0, 0.05) is 10.7 Å². The Balaban J connectivity index is 2.27. The molecule has 1 amide bonds. The fraction of sp³-hybridized carbons (Fsp3) is 0.0769. The summed E-state index contributed by atoms with van der Waals surface area (Å²) in [5.41, 5.74) is 6.36. The van der Waals surface area contributed by atoms with E-state index in [0.717, 1.165) is 4.47 Å². The highest BCUT2D eigenvalue weighted by atomic mass is 79.9. The molecule has 3 N–H and O–H groups in total. The maximum Gasteiger partial charge on any atom is 0.257 e. The van der Waals surface area contributed by atoms with Gasteiger partial charge in [0.15, 0.2) is 0 Å². The topological polar surface area (TPSA) is 77.2 Å². The number of carbonyl (C=O) groups excluding carboxylic acids is 1. The summed E-state index contributed by atoms with van der Waals surface area (Å²) in [6, 6.07) is 6.76. The zero-order valence-electron chi connectivity index (χ0n) is 10.5. The summed E-state index contributed by atoms with van der Waals surface area (Å²) in [6.07, 6.45) is 1.36. The summed E-state index contributed by atoms with van der Waals surface area (Å²) in [6.45, 7) is 0. The predicted octanol–water partition coefficient (Wildman–Crippen LogP) is 3.34. The minimum atomic E-state index is -0.351. The van der Waals surface area contributed by atoms with Crippen molar-refractivity contribution in [3.63, 3.8) is 0 Å². The fourth-order valence-corrected chi connectivity index (χ4v) is 2.07. The van der Waals surface area contributed by atoms with Crippen LogP contribution in [-0.4, -0.2) is 18.0 Å². The lowest BCUT2D eigenvalue weighted by Gasteiger charge is -2.10. The second-order valence-electron chi connectivity index (χ2n) is 3.89. The number of nitrogens with one attached hydrogen (secondary N) is 1. The van der Waals surface area contributed by atoms with Crippen molar-refractivity contribution in [1.82, 2.24) is 4.98 Å². The number of nitrogens with zero attached hydrogens (tertiary/aromatic N) is 1. The lowest BCUT2D eigenvalue weighted by atomic mass is 10.2. The van der Waals surface area contributed by atoms with E-state index >= 15 is 0 Å². The molecule has 2 aromatic rings. The van der Waals surface area contributed by atoms with E-state index in [4.69, 9.17) is 22.1 Å². The van der Waals surface area contributed by atoms with Crippen LogP contribution in [0.25, 0.3) is 0 Å². The first-order chi connectivity index (χ1) is 9.51. The predicted molar refractivity (Wildman–Crippen MR) is 82.3 cm³/mol. The van der Waals surface area contributed by atoms with Crippen LogP contribution in [0.15, 0.2) is 34.9 Å². The van der Waals surface area contributed by atoms with Gasteiger partial charge in [0.25, 0.3) is 5.91 Å². The Morgan fingerprint density at radius 1 is 1.45 bits per heavy atom. The van der Waals surface area contributed by atoms with E-state index in [9.17, 15) is 4.79 Å². The summed E-state index contributed by atoms with van der Waals surface area (Å²) in [7, 11) is 1.53. The summed E-state index contributed by atoms with van der Waals surface area (Å²) < 4.78 is 6.00. The lowest BCUT2D eigenvalue weighted by molar-refractivity contribution is 0.102. The van der Waals surface area contributed by atoms with Crippen LogP contribution in [-0.2, 0) is 0 Å². The first kappa shape index (κ1) is 14.6. The monoisotopic (exact) mass is 355 g/mol. The highest BCUT2D eigenvalue weighted by Crippen LogP contribution is 2.28. The Kier molecular flexibility index (Phi) is 4.46. The molecule has 1 aromatic heterocycles. The second-order valence-corrected chi connectivity index (χ2v) is 5.21. The third-order valence-corrected chi connectivity index (χ3v) is 3.34. The van der Waals surface area contributed by atoms with Crippen molar-refractivity contribution in [2.45, 2.75) is 0 Å². The average molecular weight is 357 g/mol. The number of hydrogen-bond donors (Lipinski definition) is 2. The van der Waals surface area contributed by atoms with Gasteiger partial charge in [-0.2, -0.15) is 0 Å². The van der Waals surface area contributed by atoms with E-state index < -0.39 is 0 Å². The minimum absolute atomic E-state index is 0.184. The van der Waals surface area contributed by atoms with Gasteiger partial charge < -0.3 is 15.8 Å². The van der Waals surface area contributed by atoms with Crippen molar-refractivity contribution in [2.75, 3.05) is 18.2 Å². The normalized spacial score (nSPS) is 10.2. The number of amides is 1. The van der Waals surface area contributed by atoms with Crippen LogP contribution in [0.5, 0.6) is 5.75 Å². The van der Waals surface area contributed by atoms with Crippen molar-refractivity contribution in [1.29, 1.82) is 0 Å². The summed E-state index contributed by atoms with van der Waals surface area (Å²) in [4.78, 5) is 16.0. The standard InChI is InChI=1S/C13H11BrClN3O2/c1-20-11-3-2-8(14)5-10(11)18-13(19)7-4-9(15)12(16)17-6-7/h2-6H,1H3,(H2,16,17)(H,18,19). The molecule has 0 saturated carbocycles. The van der Waals surface area contributed by atoms with Crippen LogP contribution in [0.2, 0.25) is 5.02 Å². The van der Waals surface area contributed by atoms with Crippen LogP contribution in [0.1, 0.15) is 10.4 Å². The Morgan fingerprint density at radius 2 is 2.20 bits per heavy atom. The number of benzene rings is 1. The SMILES string of the molecule is COc1ccc(Br)cc1NC(=O)c1cnc(N)c(Cl)c1. The molecule has 0 radical (unpaired) electrons. The molecule has 0 atom stereocenters. The molecular weight excluding hydrogens is 346 g/mol. The lowest BCUT2D eigenvalue weighted by Crippen LogP contribution is -2.13. The van der Waals surface area contributed by atoms with Crippen molar-refractivity contribution in [2.24, 2.45) is 0 Å². The first-order valence-corrected chi connectivity index (χ1v) is 6.74. The smallest absolute Gasteiger partial charge is 0.257 e. The molecule has 0 spiro atoms. The maximum atomic E-state index is 12.1. The van der Waals surface area contributed by atoms with Crippen molar-refractivity contribution < 1.29 is 9.53 Å². The maximum absolute atomic E-state index is 12.1. The van der Waals surface area contributed by atoms with E-state index in [-0.39, 0.29) is 16.7 Å². The molecule has 0 aliphatic carbocycles. The van der Waals surface area contributed by atoms with E-state index in [1.807, 2.05) is 6.07 Å². The number of hydrogen-bond acceptors (Lipinski definition) is 4. The van der Waals surface area contributed by atoms with Crippen LogP contribution in [0.3, 0.4) is 0 Å². The molecule has 0 aliphatic rings. The fourth-order valence-electron chi connectivity index (χ4n) is 1.55. The van der Waals surface area contributed by atoms with E-state index in [2.05, 4.69) is 26.2 Å². The van der Waals surface area contributed by atoms with Crippen LogP contribution in [0.4, 0.5) is 11.5 Å². The minimum Gasteiger partial charge on any atom is -0.495 e. The number of halogens is 2. The van der Waals surface area contributed by atoms with Crippen molar-refractivity contribution >= 4 is 44.9 Å². The number of anilines is 2. The highest BCUT2D eigenvalue weighted by molar-refractivity contribution is 9.10. The zero-order valence-corrected chi connectivity index (χ0v) is 12.8. The molecule has 1 aromatic carbocycles. The van der Waals surface area contributed by atoms with E-state index in [1.165, 1.54) is 19.4 Å². The second kappa shape index (κ2) is 6.11. The molecule has 0 bridgehead atoms. The van der Waals surface area contributed by atoms with Gasteiger partial charge in [-0.15, -0.1) is 0 Å². The number of methoxy groups -OCH3 is 1. The number of carbonyl (C=O) groups is 1. The number of nitrogens with two attached hydrogens (primary N) is 1. The number of ether oxygens (including phenoxy) is 1. The third-order valence-electron chi connectivity index (χ3n) is 2.54. The van der Waals surface area contributed by atoms with Gasteiger partial charge in [-0.25, -0.2) is 4.98 Å². The Labute approximate surface area is 129 Å². The Hall–Kier alpha value is -1.79. The molecule has 1 heterocycles. The molecule has 7 heteroatoms. The summed E-state index contributed by atoms with van der Waals surface area (Å²) in [5, 5.41) is 2.97. The number of nitrogen functional groups attached to an aromatic ring is 1. The number of aromatic nitrogens is 1. The Bertz CT molecular complexity index is 664. The van der Waals surface area contributed by atoms with Gasteiger partial charge in [-0.3, -0.25) is 4.79 Å². The Morgan fingerprint density at radius 3 is 2.85 bits per heavy atom. The molecule has 0 aliphatic heterocycles. The molecular formula is C13H11BrClN3O2. The molecule has 20 heavy (non-hydrogen) atoms. The van der Waals surface area contributed by atoms with E-state index in [1.54, 1.807) is 12.1 Å². The molecule has 0 unspecified atom stereocenters. The van der Waals surface area contributed by atoms with Gasteiger partial charge in [-0.05, 0) is 24.3 Å². The average Bonchev–Trinajstić information content (AvgIpc) is 2.42. The van der Waals surface area contributed by atoms with Gasteiger partial charge in [-0.1, -0.05) is 27.5 Å². The molecule has 5 nitrogen and oxygen atoms in total. The van der Waals surface area contributed by atoms with Gasteiger partial charge >= 0.3 is 0 Å². The van der Waals surface area contributed by atoms with Gasteiger partial charge in [0.2, 0.25) is 0 Å². The molecule has 2 rings (SSSR count). The van der Waals surface area contributed by atoms with Crippen LogP contribution in [0, 0.1) is 0 Å². The summed E-state index contributed by atoms with van der Waals surface area (Å²) in [5.74, 6) is 0.384. The van der Waals surface area contributed by atoms with E-state index in [0.29, 0.717) is 17.0 Å². The van der Waals surface area contributed by atoms with Crippen molar-refractivity contribution in [3.8, 4) is 5.75 Å². The molecule has 104 valence electrons. The van der Waals surface area contributed by atoms with Gasteiger partial charge in [0.05, 0.1) is 23.4 Å². The highest BCUT2D eigenvalue weighted by Gasteiger charge is 2.12. The molecule has 0 fully saturated rings. The van der Waals surface area contributed by atoms with Crippen LogP contribution >= 0.6 is 27.5 Å². The first-order valence-electron chi connectivity index (χ1n) is 5.57. The van der Waals surface area contributed by atoms with Gasteiger partial charge in [0.1, 0.15) is 11.6 Å².